The van der Waals surface area contributed by atoms with E-state index in [0.29, 0.717) is 23.8 Å². The minimum Gasteiger partial charge on any atom is -0.489 e. The Kier molecular flexibility index (Phi) is 9.12. The lowest BCUT2D eigenvalue weighted by atomic mass is 9.92. The van der Waals surface area contributed by atoms with Crippen LogP contribution in [0.25, 0.3) is 0 Å². The molecule has 3 aromatic carbocycles. The molecule has 0 aliphatic heterocycles. The lowest BCUT2D eigenvalue weighted by Gasteiger charge is -2.14. The Morgan fingerprint density at radius 2 is 1.68 bits per heavy atom. The molecule has 0 spiro atoms. The quantitative estimate of drug-likeness (QED) is 0.136. The summed E-state index contributed by atoms with van der Waals surface area (Å²) in [5.74, 6) is 0.856. The number of ether oxygens (including phenoxy) is 3. The predicted octanol–water partition coefficient (Wildman–Crippen LogP) is 5.69. The van der Waals surface area contributed by atoms with Crippen molar-refractivity contribution in [3.63, 3.8) is 0 Å². The smallest absolute Gasteiger partial charge is 0.306 e. The first kappa shape index (κ1) is 26.5. The van der Waals surface area contributed by atoms with Crippen molar-refractivity contribution in [3.05, 3.63) is 113 Å². The highest BCUT2D eigenvalue weighted by Gasteiger charge is 2.21. The van der Waals surface area contributed by atoms with Gasteiger partial charge in [-0.2, -0.15) is 0 Å². The summed E-state index contributed by atoms with van der Waals surface area (Å²) < 4.78 is 21.7. The average Bonchev–Trinajstić information content (AvgIpc) is 3.48. The molecule has 38 heavy (non-hydrogen) atoms. The average molecular weight is 515 g/mol. The van der Waals surface area contributed by atoms with Crippen molar-refractivity contribution in [2.75, 3.05) is 20.8 Å². The van der Waals surface area contributed by atoms with Gasteiger partial charge in [0.05, 0.1) is 19.2 Å². The van der Waals surface area contributed by atoms with Gasteiger partial charge >= 0.3 is 5.97 Å². The zero-order valence-electron chi connectivity index (χ0n) is 21.6. The topological polar surface area (TPSA) is 92.4 Å². The standard InChI is InChI=1S/C30H30N2O6/c1-21-5-4-6-24(17-21)29(31-35-3)20-37-25-11-7-22(8-12-25)19-36-26-13-9-23(10-14-26)27(18-30(33)34-2)28-15-16-38-32-28/h4-17,27H,18-20H2,1-3H3. The molecule has 0 N–H and O–H groups in total. The molecule has 0 saturated heterocycles. The van der Waals surface area contributed by atoms with E-state index in [1.807, 2.05) is 79.7 Å². The van der Waals surface area contributed by atoms with E-state index < -0.39 is 0 Å². The van der Waals surface area contributed by atoms with E-state index in [2.05, 4.69) is 10.3 Å². The molecule has 0 aliphatic carbocycles. The van der Waals surface area contributed by atoms with Crippen LogP contribution in [0.3, 0.4) is 0 Å². The molecular weight excluding hydrogens is 484 g/mol. The molecule has 1 atom stereocenters. The maximum absolute atomic E-state index is 11.9. The van der Waals surface area contributed by atoms with Crippen molar-refractivity contribution >= 4 is 11.7 Å². The first-order valence-corrected chi connectivity index (χ1v) is 12.1. The second kappa shape index (κ2) is 13.1. The van der Waals surface area contributed by atoms with Gasteiger partial charge in [-0.3, -0.25) is 4.79 Å². The van der Waals surface area contributed by atoms with Gasteiger partial charge in [0, 0.05) is 17.5 Å². The SMILES string of the molecule is CON=C(COc1ccc(COc2ccc(C(CC(=O)OC)c3ccon3)cc2)cc1)c1cccc(C)c1. The van der Waals surface area contributed by atoms with Gasteiger partial charge in [0.25, 0.3) is 0 Å². The fraction of sp³-hybridized carbons (Fsp3) is 0.233. The van der Waals surface area contributed by atoms with Crippen molar-refractivity contribution in [2.45, 2.75) is 25.9 Å². The van der Waals surface area contributed by atoms with Crippen molar-refractivity contribution in [2.24, 2.45) is 5.16 Å². The van der Waals surface area contributed by atoms with E-state index in [1.165, 1.54) is 20.5 Å². The number of nitrogens with zero attached hydrogens (tertiary/aromatic N) is 2. The van der Waals surface area contributed by atoms with Crippen LogP contribution in [-0.2, 0) is 21.0 Å². The third kappa shape index (κ3) is 7.22. The Morgan fingerprint density at radius 1 is 0.947 bits per heavy atom. The van der Waals surface area contributed by atoms with Crippen molar-refractivity contribution in [1.82, 2.24) is 5.16 Å². The van der Waals surface area contributed by atoms with Crippen LogP contribution in [0.1, 0.15) is 40.3 Å². The Morgan fingerprint density at radius 3 is 2.34 bits per heavy atom. The molecule has 0 bridgehead atoms. The lowest BCUT2D eigenvalue weighted by Crippen LogP contribution is -2.13. The van der Waals surface area contributed by atoms with E-state index in [4.69, 9.17) is 23.6 Å². The van der Waals surface area contributed by atoms with Gasteiger partial charge in [-0.15, -0.1) is 0 Å². The van der Waals surface area contributed by atoms with Gasteiger partial charge in [-0.25, -0.2) is 0 Å². The van der Waals surface area contributed by atoms with Gasteiger partial charge in [0.2, 0.25) is 0 Å². The van der Waals surface area contributed by atoms with Gasteiger partial charge in [-0.05, 0) is 48.4 Å². The summed E-state index contributed by atoms with van der Waals surface area (Å²) in [5.41, 5.74) is 5.40. The number of benzene rings is 3. The maximum atomic E-state index is 11.9. The summed E-state index contributed by atoms with van der Waals surface area (Å²) in [4.78, 5) is 16.9. The molecule has 8 heteroatoms. The minimum absolute atomic E-state index is 0.168. The summed E-state index contributed by atoms with van der Waals surface area (Å²) in [6.45, 7) is 2.71. The number of carbonyl (C=O) groups is 1. The van der Waals surface area contributed by atoms with Crippen LogP contribution in [0.5, 0.6) is 11.5 Å². The molecule has 0 fully saturated rings. The summed E-state index contributed by atoms with van der Waals surface area (Å²) in [6.07, 6.45) is 1.66. The minimum atomic E-state index is -0.317. The Bertz CT molecular complexity index is 1330. The molecule has 0 amide bonds. The highest BCUT2D eigenvalue weighted by atomic mass is 16.6. The number of aromatic nitrogens is 1. The Labute approximate surface area is 221 Å². The normalized spacial score (nSPS) is 12.0. The molecule has 1 unspecified atom stereocenters. The summed E-state index contributed by atoms with van der Waals surface area (Å²) in [5, 5.41) is 8.12. The molecular formula is C30H30N2O6. The van der Waals surface area contributed by atoms with Crippen LogP contribution in [-0.4, -0.2) is 37.7 Å². The highest BCUT2D eigenvalue weighted by Crippen LogP contribution is 2.29. The molecule has 0 saturated carbocycles. The van der Waals surface area contributed by atoms with Crippen molar-refractivity contribution in [1.29, 1.82) is 0 Å². The Balaban J connectivity index is 1.33. The summed E-state index contributed by atoms with van der Waals surface area (Å²) in [7, 11) is 2.89. The van der Waals surface area contributed by atoms with Gasteiger partial charge in [-0.1, -0.05) is 58.3 Å². The van der Waals surface area contributed by atoms with E-state index in [-0.39, 0.29) is 24.9 Å². The number of methoxy groups -OCH3 is 1. The van der Waals surface area contributed by atoms with Crippen molar-refractivity contribution < 1.29 is 28.4 Å². The number of hydrogen-bond donors (Lipinski definition) is 0. The highest BCUT2D eigenvalue weighted by molar-refractivity contribution is 6.01. The molecule has 4 rings (SSSR count). The van der Waals surface area contributed by atoms with Crippen LogP contribution in [0.4, 0.5) is 0 Å². The van der Waals surface area contributed by atoms with Gasteiger partial charge in [0.1, 0.15) is 43.8 Å². The van der Waals surface area contributed by atoms with Gasteiger partial charge < -0.3 is 23.6 Å². The first-order valence-electron chi connectivity index (χ1n) is 12.1. The van der Waals surface area contributed by atoms with E-state index >= 15 is 0 Å². The largest absolute Gasteiger partial charge is 0.489 e. The maximum Gasteiger partial charge on any atom is 0.306 e. The zero-order chi connectivity index (χ0) is 26.7. The van der Waals surface area contributed by atoms with Crippen LogP contribution in [0.2, 0.25) is 0 Å². The number of rotatable bonds is 12. The zero-order valence-corrected chi connectivity index (χ0v) is 21.6. The lowest BCUT2D eigenvalue weighted by molar-refractivity contribution is -0.140. The molecule has 196 valence electrons. The molecule has 1 aromatic heterocycles. The number of hydrogen-bond acceptors (Lipinski definition) is 8. The van der Waals surface area contributed by atoms with E-state index in [9.17, 15) is 4.79 Å². The number of oxime groups is 1. The predicted molar refractivity (Wildman–Crippen MR) is 142 cm³/mol. The third-order valence-corrected chi connectivity index (χ3v) is 5.95. The monoisotopic (exact) mass is 514 g/mol. The number of carbonyl (C=O) groups excluding carboxylic acids is 1. The second-order valence-electron chi connectivity index (χ2n) is 8.64. The fourth-order valence-electron chi connectivity index (χ4n) is 3.94. The summed E-state index contributed by atoms with van der Waals surface area (Å²) >= 11 is 0. The molecule has 1 heterocycles. The van der Waals surface area contributed by atoms with Crippen molar-refractivity contribution in [3.8, 4) is 11.5 Å². The number of esters is 1. The summed E-state index contributed by atoms with van der Waals surface area (Å²) in [6, 6.07) is 25.1. The van der Waals surface area contributed by atoms with E-state index in [1.54, 1.807) is 6.07 Å². The Hall–Kier alpha value is -4.59. The third-order valence-electron chi connectivity index (χ3n) is 5.95. The molecule has 0 aliphatic rings. The number of aryl methyl sites for hydroxylation is 1. The molecule has 4 aromatic rings. The second-order valence-corrected chi connectivity index (χ2v) is 8.64. The van der Waals surface area contributed by atoms with Gasteiger partial charge in [0.15, 0.2) is 0 Å². The molecule has 8 nitrogen and oxygen atoms in total. The first-order chi connectivity index (χ1) is 18.6. The molecule has 0 radical (unpaired) electrons. The van der Waals surface area contributed by atoms with Crippen LogP contribution in [0.15, 0.2) is 94.8 Å². The van der Waals surface area contributed by atoms with E-state index in [0.717, 1.165) is 28.0 Å². The van der Waals surface area contributed by atoms with Crippen LogP contribution < -0.4 is 9.47 Å². The van der Waals surface area contributed by atoms with Crippen LogP contribution >= 0.6 is 0 Å². The fourth-order valence-corrected chi connectivity index (χ4v) is 3.94. The van der Waals surface area contributed by atoms with Crippen LogP contribution in [0, 0.1) is 6.92 Å².